The first kappa shape index (κ1) is 16.1. The second-order valence-electron chi connectivity index (χ2n) is 6.00. The van der Waals surface area contributed by atoms with Crippen molar-refractivity contribution in [3.63, 3.8) is 0 Å². The molecule has 0 atom stereocenters. The molecule has 4 nitrogen and oxygen atoms in total. The van der Waals surface area contributed by atoms with E-state index in [9.17, 15) is 9.59 Å². The van der Waals surface area contributed by atoms with E-state index in [0.717, 1.165) is 11.1 Å². The van der Waals surface area contributed by atoms with Crippen molar-refractivity contribution in [3.8, 4) is 0 Å². The zero-order valence-corrected chi connectivity index (χ0v) is 14.4. The third-order valence-corrected chi connectivity index (χ3v) is 4.64. The number of benzene rings is 2. The molecular weight excluding hydrogens is 328 g/mol. The molecule has 0 aromatic heterocycles. The Morgan fingerprint density at radius 1 is 0.577 bits per heavy atom. The Morgan fingerprint density at radius 3 is 1.27 bits per heavy atom. The molecule has 26 heavy (non-hydrogen) atoms. The van der Waals surface area contributed by atoms with E-state index < -0.39 is 0 Å². The molecule has 0 amide bonds. The molecule has 2 aliphatic carbocycles. The van der Waals surface area contributed by atoms with Crippen LogP contribution < -0.4 is 0 Å². The molecule has 128 valence electrons. The SMILES string of the molecule is COC1=CC(=C2C=C(OC)c3ccccc3C2=O)C(=O)c2ccccc21. The molecule has 0 bridgehead atoms. The first-order valence-electron chi connectivity index (χ1n) is 8.19. The van der Waals surface area contributed by atoms with Crippen molar-refractivity contribution in [1.29, 1.82) is 0 Å². The van der Waals surface area contributed by atoms with Gasteiger partial charge in [-0.3, -0.25) is 9.59 Å². The molecule has 4 heteroatoms. The summed E-state index contributed by atoms with van der Waals surface area (Å²) in [6.07, 6.45) is 3.27. The van der Waals surface area contributed by atoms with Crippen LogP contribution in [-0.2, 0) is 9.47 Å². The molecule has 0 N–H and O–H groups in total. The molecule has 0 fully saturated rings. The van der Waals surface area contributed by atoms with Gasteiger partial charge in [0.2, 0.25) is 0 Å². The Bertz CT molecular complexity index is 954. The van der Waals surface area contributed by atoms with Crippen LogP contribution in [0.1, 0.15) is 31.8 Å². The Hall–Kier alpha value is -3.40. The highest BCUT2D eigenvalue weighted by Gasteiger charge is 2.31. The van der Waals surface area contributed by atoms with E-state index in [-0.39, 0.29) is 11.6 Å². The van der Waals surface area contributed by atoms with Gasteiger partial charge in [0.25, 0.3) is 0 Å². The fourth-order valence-corrected chi connectivity index (χ4v) is 3.37. The molecule has 0 heterocycles. The van der Waals surface area contributed by atoms with Gasteiger partial charge in [-0.25, -0.2) is 0 Å². The summed E-state index contributed by atoms with van der Waals surface area (Å²) in [7, 11) is 3.10. The van der Waals surface area contributed by atoms with E-state index in [1.54, 1.807) is 50.6 Å². The minimum Gasteiger partial charge on any atom is -0.496 e. The number of ketones is 2. The van der Waals surface area contributed by atoms with Gasteiger partial charge in [-0.1, -0.05) is 48.5 Å². The third kappa shape index (κ3) is 2.30. The fourth-order valence-electron chi connectivity index (χ4n) is 3.37. The van der Waals surface area contributed by atoms with Crippen LogP contribution in [0.3, 0.4) is 0 Å². The maximum absolute atomic E-state index is 13.0. The molecule has 0 saturated heterocycles. The molecule has 4 rings (SSSR count). The summed E-state index contributed by atoms with van der Waals surface area (Å²) in [5.74, 6) is 0.718. The molecule has 0 saturated carbocycles. The molecule has 2 aromatic carbocycles. The van der Waals surface area contributed by atoms with E-state index >= 15 is 0 Å². The number of allylic oxidation sites excluding steroid dienone is 4. The summed E-state index contributed by atoms with van der Waals surface area (Å²) < 4.78 is 10.9. The van der Waals surface area contributed by atoms with Crippen LogP contribution in [0.5, 0.6) is 0 Å². The molecule has 0 unspecified atom stereocenters. The quantitative estimate of drug-likeness (QED) is 0.771. The summed E-state index contributed by atoms with van der Waals surface area (Å²) in [4.78, 5) is 26.1. The fraction of sp³-hybridized carbons (Fsp3) is 0.0909. The van der Waals surface area contributed by atoms with Crippen LogP contribution in [0, 0.1) is 0 Å². The summed E-state index contributed by atoms with van der Waals surface area (Å²) in [6, 6.07) is 14.4. The van der Waals surface area contributed by atoms with Crippen LogP contribution in [0.2, 0.25) is 0 Å². The topological polar surface area (TPSA) is 52.6 Å². The number of hydrogen-bond acceptors (Lipinski definition) is 4. The molecular formula is C22H16O4. The molecule has 0 radical (unpaired) electrons. The van der Waals surface area contributed by atoms with Crippen LogP contribution >= 0.6 is 0 Å². The minimum absolute atomic E-state index is 0.198. The summed E-state index contributed by atoms with van der Waals surface area (Å²) in [5, 5.41) is 0. The van der Waals surface area contributed by atoms with Gasteiger partial charge in [0.1, 0.15) is 11.5 Å². The predicted octanol–water partition coefficient (Wildman–Crippen LogP) is 4.05. The van der Waals surface area contributed by atoms with Crippen molar-refractivity contribution in [3.05, 3.63) is 94.1 Å². The van der Waals surface area contributed by atoms with Crippen LogP contribution in [0.25, 0.3) is 11.5 Å². The average Bonchev–Trinajstić information content (AvgIpc) is 2.69. The van der Waals surface area contributed by atoms with Gasteiger partial charge < -0.3 is 9.47 Å². The summed E-state index contributed by atoms with van der Waals surface area (Å²) in [6.45, 7) is 0. The van der Waals surface area contributed by atoms with E-state index in [1.807, 2.05) is 24.3 Å². The minimum atomic E-state index is -0.198. The number of ether oxygens (including phenoxy) is 2. The highest BCUT2D eigenvalue weighted by atomic mass is 16.5. The van der Waals surface area contributed by atoms with Gasteiger partial charge in [-0.2, -0.15) is 0 Å². The second kappa shape index (κ2) is 6.15. The van der Waals surface area contributed by atoms with Crippen LogP contribution in [0.15, 0.2) is 71.8 Å². The second-order valence-corrected chi connectivity index (χ2v) is 6.00. The smallest absolute Gasteiger partial charge is 0.194 e. The molecule has 2 aliphatic rings. The molecule has 2 aromatic rings. The molecule has 0 spiro atoms. The number of carbonyl (C=O) groups excluding carboxylic acids is 2. The number of hydrogen-bond donors (Lipinski definition) is 0. The number of methoxy groups -OCH3 is 2. The molecule has 0 aliphatic heterocycles. The summed E-state index contributed by atoms with van der Waals surface area (Å²) >= 11 is 0. The average molecular weight is 344 g/mol. The highest BCUT2D eigenvalue weighted by molar-refractivity contribution is 6.25. The first-order valence-corrected chi connectivity index (χ1v) is 8.19. The first-order chi connectivity index (χ1) is 12.7. The van der Waals surface area contributed by atoms with Crippen molar-refractivity contribution in [2.45, 2.75) is 0 Å². The van der Waals surface area contributed by atoms with E-state index in [4.69, 9.17) is 9.47 Å². The largest absolute Gasteiger partial charge is 0.496 e. The Labute approximate surface area is 151 Å². The van der Waals surface area contributed by atoms with Gasteiger partial charge in [0, 0.05) is 33.4 Å². The number of carbonyl (C=O) groups is 2. The number of rotatable bonds is 2. The van der Waals surface area contributed by atoms with Gasteiger partial charge in [-0.05, 0) is 12.2 Å². The monoisotopic (exact) mass is 344 g/mol. The van der Waals surface area contributed by atoms with Crippen molar-refractivity contribution in [1.82, 2.24) is 0 Å². The third-order valence-electron chi connectivity index (χ3n) is 4.64. The van der Waals surface area contributed by atoms with Gasteiger partial charge in [-0.15, -0.1) is 0 Å². The maximum atomic E-state index is 13.0. The maximum Gasteiger partial charge on any atom is 0.194 e. The zero-order chi connectivity index (χ0) is 18.3. The van der Waals surface area contributed by atoms with Crippen molar-refractivity contribution < 1.29 is 19.1 Å². The van der Waals surface area contributed by atoms with E-state index in [2.05, 4.69) is 0 Å². The van der Waals surface area contributed by atoms with Crippen molar-refractivity contribution in [2.75, 3.05) is 14.2 Å². The normalized spacial score (nSPS) is 18.5. The Balaban J connectivity index is 1.98. The predicted molar refractivity (Wildman–Crippen MR) is 98.5 cm³/mol. The van der Waals surface area contributed by atoms with Crippen molar-refractivity contribution in [2.24, 2.45) is 0 Å². The zero-order valence-electron chi connectivity index (χ0n) is 14.4. The van der Waals surface area contributed by atoms with Crippen LogP contribution in [-0.4, -0.2) is 25.8 Å². The van der Waals surface area contributed by atoms with Gasteiger partial charge in [0.15, 0.2) is 11.6 Å². The lowest BCUT2D eigenvalue weighted by atomic mass is 9.83. The van der Waals surface area contributed by atoms with Gasteiger partial charge >= 0.3 is 0 Å². The lowest BCUT2D eigenvalue weighted by Gasteiger charge is -2.22. The number of Topliss-reactive ketones (excluding diaryl/α,β-unsaturated/α-hetero) is 2. The number of fused-ring (bicyclic) bond motifs is 2. The Kier molecular flexibility index (Phi) is 3.81. The highest BCUT2D eigenvalue weighted by Crippen LogP contribution is 2.36. The van der Waals surface area contributed by atoms with E-state index in [0.29, 0.717) is 33.8 Å². The van der Waals surface area contributed by atoms with Crippen LogP contribution in [0.4, 0.5) is 0 Å². The summed E-state index contributed by atoms with van der Waals surface area (Å²) in [5.41, 5.74) is 3.12. The lowest BCUT2D eigenvalue weighted by molar-refractivity contribution is 0.100. The lowest BCUT2D eigenvalue weighted by Crippen LogP contribution is -2.19. The van der Waals surface area contributed by atoms with E-state index in [1.165, 1.54) is 0 Å². The van der Waals surface area contributed by atoms with Gasteiger partial charge in [0.05, 0.1) is 14.2 Å². The van der Waals surface area contributed by atoms with Crippen molar-refractivity contribution >= 4 is 23.1 Å². The standard InChI is InChI=1S/C22H16O4/c1-25-19-11-17(21(23)15-9-5-3-7-13(15)19)18-12-20(26-2)14-8-4-6-10-16(14)22(18)24/h3-12H,1-2H3. The Morgan fingerprint density at radius 2 is 0.923 bits per heavy atom.